The second kappa shape index (κ2) is 7.80. The Bertz CT molecular complexity index is 1390. The highest BCUT2D eigenvalue weighted by Crippen LogP contribution is 2.34. The molecule has 3 heterocycles. The van der Waals surface area contributed by atoms with Gasteiger partial charge in [0, 0.05) is 19.6 Å². The molecule has 1 saturated carbocycles. The monoisotopic (exact) mass is 438 g/mol. The molecule has 0 radical (unpaired) electrons. The molecule has 9 nitrogen and oxygen atoms in total. The number of halogens is 1. The van der Waals surface area contributed by atoms with E-state index in [0.717, 1.165) is 25.7 Å². The number of rotatable bonds is 5. The maximum atomic E-state index is 13.6. The highest BCUT2D eigenvalue weighted by atomic mass is 35.5. The summed E-state index contributed by atoms with van der Waals surface area (Å²) in [7, 11) is 1.55. The van der Waals surface area contributed by atoms with E-state index >= 15 is 0 Å². The molecular formula is C21H19ClN6O3. The lowest BCUT2D eigenvalue weighted by molar-refractivity contribution is 0.187. The molecule has 0 unspecified atom stereocenters. The molecule has 0 saturated heterocycles. The van der Waals surface area contributed by atoms with E-state index in [4.69, 9.17) is 20.9 Å². The van der Waals surface area contributed by atoms with Crippen LogP contribution in [0.4, 0.5) is 0 Å². The Hall–Kier alpha value is -3.22. The quantitative estimate of drug-likeness (QED) is 0.468. The van der Waals surface area contributed by atoms with Crippen molar-refractivity contribution in [3.63, 3.8) is 0 Å². The Kier molecular flexibility index (Phi) is 4.96. The van der Waals surface area contributed by atoms with Crippen LogP contribution in [-0.2, 0) is 11.3 Å². The van der Waals surface area contributed by atoms with Crippen LogP contribution in [0.25, 0.3) is 28.1 Å². The molecular weight excluding hydrogens is 420 g/mol. The normalized spacial score (nSPS) is 14.6. The van der Waals surface area contributed by atoms with E-state index in [0.29, 0.717) is 34.7 Å². The molecule has 3 aromatic heterocycles. The molecule has 4 aromatic rings. The summed E-state index contributed by atoms with van der Waals surface area (Å²) in [5.74, 6) is 1.16. The van der Waals surface area contributed by atoms with Crippen molar-refractivity contribution < 1.29 is 9.26 Å². The Morgan fingerprint density at radius 3 is 2.87 bits per heavy atom. The van der Waals surface area contributed by atoms with E-state index in [9.17, 15) is 10.1 Å². The number of nitriles is 1. The van der Waals surface area contributed by atoms with Gasteiger partial charge in [0.05, 0.1) is 28.2 Å². The number of hydrogen-bond acceptors (Lipinski definition) is 7. The largest absolute Gasteiger partial charge is 0.383 e. The van der Waals surface area contributed by atoms with Crippen LogP contribution in [0, 0.1) is 11.3 Å². The van der Waals surface area contributed by atoms with E-state index < -0.39 is 0 Å². The van der Waals surface area contributed by atoms with Gasteiger partial charge in [-0.25, -0.2) is 4.98 Å². The van der Waals surface area contributed by atoms with Crippen LogP contribution < -0.4 is 5.56 Å². The van der Waals surface area contributed by atoms with Gasteiger partial charge >= 0.3 is 0 Å². The molecule has 0 aliphatic heterocycles. The molecule has 1 aliphatic rings. The van der Waals surface area contributed by atoms with Crippen LogP contribution >= 0.6 is 11.6 Å². The third-order valence-corrected chi connectivity index (χ3v) is 6.16. The number of methoxy groups -OCH3 is 1. The number of ether oxygens (including phenoxy) is 1. The Morgan fingerprint density at radius 2 is 2.13 bits per heavy atom. The van der Waals surface area contributed by atoms with Gasteiger partial charge in [0.15, 0.2) is 11.5 Å². The van der Waals surface area contributed by atoms with Crippen molar-refractivity contribution in [1.29, 1.82) is 5.26 Å². The summed E-state index contributed by atoms with van der Waals surface area (Å²) in [5, 5.41) is 14.1. The fraction of sp³-hybridized carbons (Fsp3) is 0.381. The fourth-order valence-corrected chi connectivity index (χ4v) is 4.52. The molecule has 0 spiro atoms. The van der Waals surface area contributed by atoms with Crippen LogP contribution in [0.15, 0.2) is 27.8 Å². The molecule has 31 heavy (non-hydrogen) atoms. The Labute approximate surface area is 181 Å². The highest BCUT2D eigenvalue weighted by Gasteiger charge is 2.26. The van der Waals surface area contributed by atoms with Crippen molar-refractivity contribution >= 4 is 28.2 Å². The topological polar surface area (TPSA) is 111 Å². The van der Waals surface area contributed by atoms with Crippen LogP contribution in [0.2, 0.25) is 5.02 Å². The van der Waals surface area contributed by atoms with Crippen LogP contribution in [0.3, 0.4) is 0 Å². The molecule has 1 fully saturated rings. The average molecular weight is 439 g/mol. The zero-order chi connectivity index (χ0) is 21.5. The minimum atomic E-state index is -0.337. The lowest BCUT2D eigenvalue weighted by atomic mass is 10.1. The molecule has 1 aromatic carbocycles. The van der Waals surface area contributed by atoms with E-state index in [1.54, 1.807) is 23.6 Å². The van der Waals surface area contributed by atoms with Crippen molar-refractivity contribution in [2.45, 2.75) is 38.1 Å². The van der Waals surface area contributed by atoms with Crippen molar-refractivity contribution in [3.8, 4) is 17.7 Å². The van der Waals surface area contributed by atoms with Crippen molar-refractivity contribution in [3.05, 3.63) is 45.2 Å². The second-order valence-electron chi connectivity index (χ2n) is 7.60. The van der Waals surface area contributed by atoms with Crippen LogP contribution in [0.1, 0.15) is 43.0 Å². The molecule has 0 amide bonds. The summed E-state index contributed by atoms with van der Waals surface area (Å²) < 4.78 is 13.8. The summed E-state index contributed by atoms with van der Waals surface area (Å²) >= 11 is 6.25. The maximum absolute atomic E-state index is 13.6. The first-order valence-electron chi connectivity index (χ1n) is 10.1. The lowest BCUT2D eigenvalue weighted by Crippen LogP contribution is -2.25. The van der Waals surface area contributed by atoms with Gasteiger partial charge < -0.3 is 13.8 Å². The third kappa shape index (κ3) is 3.10. The third-order valence-electron chi connectivity index (χ3n) is 5.85. The average Bonchev–Trinajstić information content (AvgIpc) is 3.53. The van der Waals surface area contributed by atoms with E-state index in [-0.39, 0.29) is 34.5 Å². The first kappa shape index (κ1) is 19.7. The van der Waals surface area contributed by atoms with Crippen LogP contribution in [0.5, 0.6) is 0 Å². The number of benzene rings is 1. The predicted octanol–water partition coefficient (Wildman–Crippen LogP) is 3.53. The van der Waals surface area contributed by atoms with Crippen molar-refractivity contribution in [2.75, 3.05) is 13.7 Å². The molecule has 1 aliphatic carbocycles. The standard InChI is InChI=1S/C21H19ClN6O3/c1-30-9-8-27-17-13(10-23)14(22)6-7-15(17)28-11-24-16(18(28)21(27)29)20-25-19(26-31-20)12-4-2-3-5-12/h6-7,11-12H,2-5,8-9H2,1H3. The van der Waals surface area contributed by atoms with E-state index in [1.165, 1.54) is 10.9 Å². The van der Waals surface area contributed by atoms with Gasteiger partial charge in [-0.05, 0) is 25.0 Å². The fourth-order valence-electron chi connectivity index (χ4n) is 4.33. The lowest BCUT2D eigenvalue weighted by Gasteiger charge is -2.14. The predicted molar refractivity (Wildman–Crippen MR) is 113 cm³/mol. The summed E-state index contributed by atoms with van der Waals surface area (Å²) in [6, 6.07) is 5.51. The summed E-state index contributed by atoms with van der Waals surface area (Å²) in [5.41, 5.74) is 1.58. The number of aromatic nitrogens is 5. The summed E-state index contributed by atoms with van der Waals surface area (Å²) in [6.07, 6.45) is 5.91. The first-order chi connectivity index (χ1) is 15.1. The zero-order valence-corrected chi connectivity index (χ0v) is 17.6. The maximum Gasteiger partial charge on any atom is 0.278 e. The molecule has 10 heteroatoms. The van der Waals surface area contributed by atoms with E-state index in [1.807, 2.05) is 0 Å². The molecule has 0 atom stereocenters. The Morgan fingerprint density at radius 1 is 1.32 bits per heavy atom. The number of nitrogens with zero attached hydrogens (tertiary/aromatic N) is 6. The first-order valence-corrected chi connectivity index (χ1v) is 10.5. The minimum absolute atomic E-state index is 0.216. The van der Waals surface area contributed by atoms with Gasteiger partial charge in [0.1, 0.15) is 17.9 Å². The molecule has 158 valence electrons. The second-order valence-corrected chi connectivity index (χ2v) is 8.01. The van der Waals surface area contributed by atoms with Gasteiger partial charge in [-0.15, -0.1) is 0 Å². The van der Waals surface area contributed by atoms with Crippen molar-refractivity contribution in [2.24, 2.45) is 0 Å². The number of fused-ring (bicyclic) bond motifs is 3. The van der Waals surface area contributed by atoms with Gasteiger partial charge in [-0.1, -0.05) is 29.6 Å². The van der Waals surface area contributed by atoms with Gasteiger partial charge in [-0.2, -0.15) is 10.2 Å². The minimum Gasteiger partial charge on any atom is -0.383 e. The molecule has 0 bridgehead atoms. The number of imidazole rings is 1. The number of hydrogen-bond donors (Lipinski definition) is 0. The smallest absolute Gasteiger partial charge is 0.278 e. The highest BCUT2D eigenvalue weighted by molar-refractivity contribution is 6.32. The van der Waals surface area contributed by atoms with Crippen LogP contribution in [-0.4, -0.2) is 37.8 Å². The van der Waals surface area contributed by atoms with Crippen molar-refractivity contribution in [1.82, 2.24) is 24.1 Å². The SMILES string of the molecule is COCCn1c(=O)c2c(-c3nc(C4CCCC4)no3)ncn2c2ccc(Cl)c(C#N)c21. The zero-order valence-electron chi connectivity index (χ0n) is 16.8. The van der Waals surface area contributed by atoms with Gasteiger partial charge in [0.2, 0.25) is 0 Å². The summed E-state index contributed by atoms with van der Waals surface area (Å²) in [4.78, 5) is 22.5. The van der Waals surface area contributed by atoms with E-state index in [2.05, 4.69) is 21.2 Å². The molecule has 0 N–H and O–H groups in total. The van der Waals surface area contributed by atoms with Gasteiger partial charge in [-0.3, -0.25) is 9.20 Å². The Balaban J connectivity index is 1.77. The van der Waals surface area contributed by atoms with Gasteiger partial charge in [0.25, 0.3) is 11.4 Å². The summed E-state index contributed by atoms with van der Waals surface area (Å²) in [6.45, 7) is 0.539. The molecule has 5 rings (SSSR count).